The van der Waals surface area contributed by atoms with Gasteiger partial charge in [-0.2, -0.15) is 0 Å². The van der Waals surface area contributed by atoms with E-state index in [4.69, 9.17) is 14.6 Å². The number of hydrogen-bond donors (Lipinski definition) is 2. The number of aliphatic hydroxyl groups excluding tert-OH is 1. The molecule has 6 nitrogen and oxygen atoms in total. The maximum atomic E-state index is 10.9. The minimum absolute atomic E-state index is 0.0922. The SMILES string of the molecule is COc1cc(-c2ccc(C3CCc4ccc([C@H](O)CC(=O)O)cc4O3)cc2)ccn1. The summed E-state index contributed by atoms with van der Waals surface area (Å²) in [5.41, 5.74) is 4.79. The van der Waals surface area contributed by atoms with E-state index in [1.807, 2.05) is 18.2 Å². The Balaban J connectivity index is 1.52. The Morgan fingerprint density at radius 2 is 1.97 bits per heavy atom. The summed E-state index contributed by atoms with van der Waals surface area (Å²) in [6.07, 6.45) is 1.97. The van der Waals surface area contributed by atoms with Gasteiger partial charge in [0.2, 0.25) is 5.88 Å². The Morgan fingerprint density at radius 3 is 2.70 bits per heavy atom. The molecule has 2 atom stereocenters. The molecule has 1 aliphatic heterocycles. The summed E-state index contributed by atoms with van der Waals surface area (Å²) in [5, 5.41) is 19.0. The van der Waals surface area contributed by atoms with Gasteiger partial charge in [0.1, 0.15) is 11.9 Å². The number of aliphatic hydroxyl groups is 1. The lowest BCUT2D eigenvalue weighted by Gasteiger charge is -2.27. The summed E-state index contributed by atoms with van der Waals surface area (Å²) in [6, 6.07) is 17.5. The van der Waals surface area contributed by atoms with Crippen LogP contribution < -0.4 is 9.47 Å². The molecule has 0 bridgehead atoms. The van der Waals surface area contributed by atoms with Crippen LogP contribution in [0.15, 0.2) is 60.8 Å². The lowest BCUT2D eigenvalue weighted by atomic mass is 9.94. The predicted octanol–water partition coefficient (Wildman–Crippen LogP) is 4.33. The molecule has 2 heterocycles. The molecule has 30 heavy (non-hydrogen) atoms. The number of fused-ring (bicyclic) bond motifs is 1. The lowest BCUT2D eigenvalue weighted by Crippen LogP contribution is -2.16. The fourth-order valence-corrected chi connectivity index (χ4v) is 3.70. The van der Waals surface area contributed by atoms with Crippen LogP contribution in [0.25, 0.3) is 11.1 Å². The first kappa shape index (κ1) is 19.9. The molecule has 0 fully saturated rings. The van der Waals surface area contributed by atoms with E-state index in [-0.39, 0.29) is 12.5 Å². The number of rotatable bonds is 6. The molecule has 0 aliphatic carbocycles. The fourth-order valence-electron chi connectivity index (χ4n) is 3.70. The number of ether oxygens (including phenoxy) is 2. The van der Waals surface area contributed by atoms with Crippen molar-refractivity contribution in [3.8, 4) is 22.8 Å². The van der Waals surface area contributed by atoms with Crippen molar-refractivity contribution in [3.63, 3.8) is 0 Å². The third kappa shape index (κ3) is 4.28. The van der Waals surface area contributed by atoms with Crippen LogP contribution in [0, 0.1) is 0 Å². The Kier molecular flexibility index (Phi) is 5.68. The van der Waals surface area contributed by atoms with Gasteiger partial charge in [0.05, 0.1) is 19.6 Å². The first-order valence-electron chi connectivity index (χ1n) is 9.83. The Hall–Kier alpha value is -3.38. The quantitative estimate of drug-likeness (QED) is 0.635. The number of nitrogens with zero attached hydrogens (tertiary/aromatic N) is 1. The molecule has 1 aliphatic rings. The maximum absolute atomic E-state index is 10.9. The molecule has 3 aromatic rings. The van der Waals surface area contributed by atoms with Crippen LogP contribution >= 0.6 is 0 Å². The van der Waals surface area contributed by atoms with E-state index in [1.54, 1.807) is 25.4 Å². The molecule has 6 heteroatoms. The van der Waals surface area contributed by atoms with Crippen LogP contribution in [-0.4, -0.2) is 28.3 Å². The average Bonchev–Trinajstić information content (AvgIpc) is 2.78. The Labute approximate surface area is 174 Å². The molecule has 0 spiro atoms. The van der Waals surface area contributed by atoms with Crippen molar-refractivity contribution in [2.24, 2.45) is 0 Å². The summed E-state index contributed by atoms with van der Waals surface area (Å²) >= 11 is 0. The van der Waals surface area contributed by atoms with Gasteiger partial charge in [-0.1, -0.05) is 36.4 Å². The van der Waals surface area contributed by atoms with Gasteiger partial charge in [-0.25, -0.2) is 4.98 Å². The van der Waals surface area contributed by atoms with E-state index >= 15 is 0 Å². The molecule has 1 aromatic heterocycles. The number of carbonyl (C=O) groups is 1. The van der Waals surface area contributed by atoms with Crippen LogP contribution in [0.1, 0.15) is 41.7 Å². The van der Waals surface area contributed by atoms with Crippen molar-refractivity contribution < 1.29 is 24.5 Å². The number of pyridine rings is 1. The van der Waals surface area contributed by atoms with Gasteiger partial charge in [0.15, 0.2) is 0 Å². The van der Waals surface area contributed by atoms with Gasteiger partial charge in [0, 0.05) is 12.3 Å². The second-order valence-electron chi connectivity index (χ2n) is 7.33. The number of aromatic nitrogens is 1. The van der Waals surface area contributed by atoms with Gasteiger partial charge >= 0.3 is 5.97 Å². The number of aliphatic carboxylic acids is 1. The number of benzene rings is 2. The molecule has 0 saturated carbocycles. The summed E-state index contributed by atoms with van der Waals surface area (Å²) in [6.45, 7) is 0. The zero-order valence-electron chi connectivity index (χ0n) is 16.6. The fraction of sp³-hybridized carbons (Fsp3) is 0.250. The predicted molar refractivity (Wildman–Crippen MR) is 112 cm³/mol. The summed E-state index contributed by atoms with van der Waals surface area (Å²) in [5.74, 6) is 0.242. The van der Waals surface area contributed by atoms with Gasteiger partial charge in [-0.05, 0) is 52.8 Å². The molecule has 154 valence electrons. The molecule has 4 rings (SSSR count). The van der Waals surface area contributed by atoms with Gasteiger partial charge in [0.25, 0.3) is 0 Å². The Bertz CT molecular complexity index is 1050. The van der Waals surface area contributed by atoms with E-state index in [1.165, 1.54) is 0 Å². The zero-order chi connectivity index (χ0) is 21.1. The highest BCUT2D eigenvalue weighted by Gasteiger charge is 2.23. The highest BCUT2D eigenvalue weighted by atomic mass is 16.5. The summed E-state index contributed by atoms with van der Waals surface area (Å²) in [4.78, 5) is 15.0. The van der Waals surface area contributed by atoms with Crippen LogP contribution in [-0.2, 0) is 11.2 Å². The Morgan fingerprint density at radius 1 is 1.17 bits per heavy atom. The first-order valence-corrected chi connectivity index (χ1v) is 9.83. The molecule has 0 saturated heterocycles. The number of carboxylic acids is 1. The lowest BCUT2D eigenvalue weighted by molar-refractivity contribution is -0.139. The highest BCUT2D eigenvalue weighted by Crippen LogP contribution is 2.37. The molecule has 1 unspecified atom stereocenters. The van der Waals surface area contributed by atoms with E-state index in [9.17, 15) is 9.90 Å². The van der Waals surface area contributed by atoms with Gasteiger partial charge in [-0.15, -0.1) is 0 Å². The summed E-state index contributed by atoms with van der Waals surface area (Å²) < 4.78 is 11.4. The van der Waals surface area contributed by atoms with Crippen molar-refractivity contribution in [1.29, 1.82) is 0 Å². The highest BCUT2D eigenvalue weighted by molar-refractivity contribution is 5.67. The molecule has 2 N–H and O–H groups in total. The monoisotopic (exact) mass is 405 g/mol. The minimum Gasteiger partial charge on any atom is -0.485 e. The van der Waals surface area contributed by atoms with E-state index < -0.39 is 12.1 Å². The largest absolute Gasteiger partial charge is 0.485 e. The molecule has 2 aromatic carbocycles. The smallest absolute Gasteiger partial charge is 0.306 e. The number of hydrogen-bond acceptors (Lipinski definition) is 5. The normalized spacial score (nSPS) is 16.3. The van der Waals surface area contributed by atoms with Crippen molar-refractivity contribution in [2.75, 3.05) is 7.11 Å². The van der Waals surface area contributed by atoms with Gasteiger partial charge < -0.3 is 19.7 Å². The number of aryl methyl sites for hydroxylation is 1. The van der Waals surface area contributed by atoms with Crippen LogP contribution in [0.5, 0.6) is 11.6 Å². The second-order valence-corrected chi connectivity index (χ2v) is 7.33. The maximum Gasteiger partial charge on any atom is 0.306 e. The third-order valence-electron chi connectivity index (χ3n) is 5.35. The van der Waals surface area contributed by atoms with Crippen molar-refractivity contribution >= 4 is 5.97 Å². The van der Waals surface area contributed by atoms with E-state index in [0.717, 1.165) is 35.1 Å². The molecule has 0 radical (unpaired) electrons. The average molecular weight is 405 g/mol. The van der Waals surface area contributed by atoms with Crippen molar-refractivity contribution in [2.45, 2.75) is 31.5 Å². The number of carboxylic acid groups (broad SMARTS) is 1. The van der Waals surface area contributed by atoms with Crippen LogP contribution in [0.3, 0.4) is 0 Å². The summed E-state index contributed by atoms with van der Waals surface area (Å²) in [7, 11) is 1.60. The van der Waals surface area contributed by atoms with E-state index in [0.29, 0.717) is 17.2 Å². The standard InChI is InChI=1S/C24H23NO5/c1-29-23-13-18(10-11-25-23)15-2-4-16(5-3-15)21-9-8-17-6-7-19(12-22(17)30-21)20(26)14-24(27)28/h2-7,10-13,20-21,26H,8-9,14H2,1H3,(H,27,28)/t20-,21?/m1/s1. The topological polar surface area (TPSA) is 88.9 Å². The first-order chi connectivity index (χ1) is 14.5. The van der Waals surface area contributed by atoms with Crippen LogP contribution in [0.4, 0.5) is 0 Å². The van der Waals surface area contributed by atoms with E-state index in [2.05, 4.69) is 29.2 Å². The minimum atomic E-state index is -1.05. The third-order valence-corrected chi connectivity index (χ3v) is 5.35. The van der Waals surface area contributed by atoms with Crippen LogP contribution in [0.2, 0.25) is 0 Å². The zero-order valence-corrected chi connectivity index (χ0v) is 16.6. The van der Waals surface area contributed by atoms with Crippen molar-refractivity contribution in [3.05, 3.63) is 77.5 Å². The van der Waals surface area contributed by atoms with Crippen molar-refractivity contribution in [1.82, 2.24) is 4.98 Å². The molecular formula is C24H23NO5. The second kappa shape index (κ2) is 8.55. The number of methoxy groups -OCH3 is 1. The van der Waals surface area contributed by atoms with Gasteiger partial charge in [-0.3, -0.25) is 4.79 Å². The molecule has 0 amide bonds. The molecular weight excluding hydrogens is 382 g/mol.